The molecule has 1 atom stereocenters. The highest BCUT2D eigenvalue weighted by atomic mass is 35.5. The molecule has 1 aliphatic heterocycles. The van der Waals surface area contributed by atoms with E-state index in [1.165, 1.54) is 0 Å². The zero-order valence-corrected chi connectivity index (χ0v) is 10.9. The SMILES string of the molecule is C=C(Cl)CN1C[C@H](C(=O)NC)Oc2ccccc21. The van der Waals surface area contributed by atoms with Crippen LogP contribution in [0, 0.1) is 0 Å². The monoisotopic (exact) mass is 266 g/mol. The van der Waals surface area contributed by atoms with Crippen LogP contribution in [0.15, 0.2) is 35.9 Å². The number of rotatable bonds is 3. The zero-order chi connectivity index (χ0) is 13.1. The number of amides is 1. The molecular formula is C13H15ClN2O2. The van der Waals surface area contributed by atoms with Gasteiger partial charge < -0.3 is 15.0 Å². The van der Waals surface area contributed by atoms with Gasteiger partial charge in [0.1, 0.15) is 5.75 Å². The first-order valence-electron chi connectivity index (χ1n) is 5.67. The van der Waals surface area contributed by atoms with Crippen LogP contribution in [0.5, 0.6) is 5.75 Å². The lowest BCUT2D eigenvalue weighted by atomic mass is 10.2. The fourth-order valence-electron chi connectivity index (χ4n) is 1.96. The second-order valence-corrected chi connectivity index (χ2v) is 4.62. The van der Waals surface area contributed by atoms with Crippen molar-refractivity contribution in [3.63, 3.8) is 0 Å². The summed E-state index contributed by atoms with van der Waals surface area (Å²) in [5.41, 5.74) is 0.930. The third-order valence-electron chi connectivity index (χ3n) is 2.76. The van der Waals surface area contributed by atoms with Crippen molar-refractivity contribution in [1.29, 1.82) is 0 Å². The molecule has 5 heteroatoms. The highest BCUT2D eigenvalue weighted by Crippen LogP contribution is 2.33. The normalized spacial score (nSPS) is 17.7. The summed E-state index contributed by atoms with van der Waals surface area (Å²) < 4.78 is 5.67. The predicted molar refractivity (Wildman–Crippen MR) is 72.1 cm³/mol. The largest absolute Gasteiger partial charge is 0.477 e. The number of carbonyl (C=O) groups excluding carboxylic acids is 1. The molecule has 0 unspecified atom stereocenters. The second-order valence-electron chi connectivity index (χ2n) is 4.09. The molecule has 1 N–H and O–H groups in total. The minimum absolute atomic E-state index is 0.144. The van der Waals surface area contributed by atoms with Crippen molar-refractivity contribution in [3.05, 3.63) is 35.9 Å². The topological polar surface area (TPSA) is 41.6 Å². The van der Waals surface area contributed by atoms with Gasteiger partial charge in [0, 0.05) is 12.1 Å². The summed E-state index contributed by atoms with van der Waals surface area (Å²) in [6.07, 6.45) is -0.527. The van der Waals surface area contributed by atoms with E-state index >= 15 is 0 Å². The number of fused-ring (bicyclic) bond motifs is 1. The van der Waals surface area contributed by atoms with Crippen LogP contribution in [0.25, 0.3) is 0 Å². The van der Waals surface area contributed by atoms with Crippen molar-refractivity contribution in [2.75, 3.05) is 25.0 Å². The van der Waals surface area contributed by atoms with Crippen LogP contribution < -0.4 is 15.0 Å². The predicted octanol–water partition coefficient (Wildman–Crippen LogP) is 1.75. The molecule has 1 aliphatic rings. The Labute approximate surface area is 111 Å². The Bertz CT molecular complexity index is 476. The minimum atomic E-state index is -0.527. The lowest BCUT2D eigenvalue weighted by Crippen LogP contribution is -2.48. The van der Waals surface area contributed by atoms with Gasteiger partial charge >= 0.3 is 0 Å². The van der Waals surface area contributed by atoms with Gasteiger partial charge in [-0.2, -0.15) is 0 Å². The molecule has 0 radical (unpaired) electrons. The van der Waals surface area contributed by atoms with Crippen molar-refractivity contribution in [2.24, 2.45) is 0 Å². The van der Waals surface area contributed by atoms with Crippen LogP contribution in [0.3, 0.4) is 0 Å². The smallest absolute Gasteiger partial charge is 0.262 e. The number of hydrogen-bond acceptors (Lipinski definition) is 3. The fraction of sp³-hybridized carbons (Fsp3) is 0.308. The van der Waals surface area contributed by atoms with Gasteiger partial charge in [-0.05, 0) is 12.1 Å². The quantitative estimate of drug-likeness (QED) is 0.906. The van der Waals surface area contributed by atoms with Crippen molar-refractivity contribution in [1.82, 2.24) is 5.32 Å². The molecule has 1 heterocycles. The van der Waals surface area contributed by atoms with Gasteiger partial charge in [-0.25, -0.2) is 0 Å². The molecule has 1 aromatic rings. The average molecular weight is 267 g/mol. The van der Waals surface area contributed by atoms with E-state index in [-0.39, 0.29) is 5.91 Å². The van der Waals surface area contributed by atoms with Crippen molar-refractivity contribution >= 4 is 23.2 Å². The van der Waals surface area contributed by atoms with E-state index in [2.05, 4.69) is 11.9 Å². The first kappa shape index (κ1) is 12.8. The van der Waals surface area contributed by atoms with Crippen LogP contribution in [-0.2, 0) is 4.79 Å². The van der Waals surface area contributed by atoms with Crippen molar-refractivity contribution in [2.45, 2.75) is 6.10 Å². The molecule has 0 aliphatic carbocycles. The summed E-state index contributed by atoms with van der Waals surface area (Å²) in [4.78, 5) is 13.7. The standard InChI is InChI=1S/C13H15ClN2O2/c1-9(14)7-16-8-12(13(17)15-2)18-11-6-4-3-5-10(11)16/h3-6,12H,1,7-8H2,2H3,(H,15,17)/t12-/m1/s1. The van der Waals surface area contributed by atoms with Gasteiger partial charge in [-0.1, -0.05) is 30.3 Å². The van der Waals surface area contributed by atoms with Crippen LogP contribution in [0.1, 0.15) is 0 Å². The summed E-state index contributed by atoms with van der Waals surface area (Å²) >= 11 is 5.86. The number of para-hydroxylation sites is 2. The Morgan fingerprint density at radius 3 is 3.00 bits per heavy atom. The number of anilines is 1. The number of nitrogens with zero attached hydrogens (tertiary/aromatic N) is 1. The highest BCUT2D eigenvalue weighted by molar-refractivity contribution is 6.29. The number of likely N-dealkylation sites (N-methyl/N-ethyl adjacent to an activating group) is 1. The second kappa shape index (κ2) is 5.31. The van der Waals surface area contributed by atoms with Crippen LogP contribution in [0.4, 0.5) is 5.69 Å². The van der Waals surface area contributed by atoms with Gasteiger partial charge in [0.15, 0.2) is 6.10 Å². The number of carbonyl (C=O) groups is 1. The molecule has 2 rings (SSSR count). The first-order valence-corrected chi connectivity index (χ1v) is 6.05. The van der Waals surface area contributed by atoms with E-state index in [0.29, 0.717) is 23.9 Å². The van der Waals surface area contributed by atoms with Gasteiger partial charge in [-0.15, -0.1) is 0 Å². The molecule has 96 valence electrons. The molecule has 0 saturated carbocycles. The lowest BCUT2D eigenvalue weighted by molar-refractivity contribution is -0.127. The van der Waals surface area contributed by atoms with Crippen LogP contribution in [-0.4, -0.2) is 32.1 Å². The summed E-state index contributed by atoms with van der Waals surface area (Å²) in [7, 11) is 1.59. The Morgan fingerprint density at radius 2 is 2.33 bits per heavy atom. The molecule has 0 aromatic heterocycles. The molecule has 1 amide bonds. The number of halogens is 1. The number of hydrogen-bond donors (Lipinski definition) is 1. The molecule has 4 nitrogen and oxygen atoms in total. The summed E-state index contributed by atoms with van der Waals surface area (Å²) in [5, 5.41) is 3.12. The van der Waals surface area contributed by atoms with Gasteiger partial charge in [0.2, 0.25) is 0 Å². The van der Waals surface area contributed by atoms with Gasteiger partial charge in [0.05, 0.1) is 18.8 Å². The Morgan fingerprint density at radius 1 is 1.61 bits per heavy atom. The van der Waals surface area contributed by atoms with E-state index in [9.17, 15) is 4.79 Å². The molecule has 0 bridgehead atoms. The summed E-state index contributed by atoms with van der Waals surface area (Å²) in [6.45, 7) is 4.65. The average Bonchev–Trinajstić information content (AvgIpc) is 2.37. The molecular weight excluding hydrogens is 252 g/mol. The van der Waals surface area contributed by atoms with Crippen molar-refractivity contribution in [3.8, 4) is 5.75 Å². The molecule has 0 fully saturated rings. The Balaban J connectivity index is 2.29. The maximum Gasteiger partial charge on any atom is 0.262 e. The Kier molecular flexibility index (Phi) is 3.77. The van der Waals surface area contributed by atoms with Crippen LogP contribution >= 0.6 is 11.6 Å². The zero-order valence-electron chi connectivity index (χ0n) is 10.1. The minimum Gasteiger partial charge on any atom is -0.477 e. The maximum absolute atomic E-state index is 11.7. The maximum atomic E-state index is 11.7. The van der Waals surface area contributed by atoms with E-state index in [0.717, 1.165) is 5.69 Å². The first-order chi connectivity index (χ1) is 8.61. The van der Waals surface area contributed by atoms with Gasteiger partial charge in [-0.3, -0.25) is 4.79 Å². The molecule has 18 heavy (non-hydrogen) atoms. The van der Waals surface area contributed by atoms with E-state index in [1.54, 1.807) is 7.05 Å². The highest BCUT2D eigenvalue weighted by Gasteiger charge is 2.29. The fourth-order valence-corrected chi connectivity index (χ4v) is 2.11. The lowest BCUT2D eigenvalue weighted by Gasteiger charge is -2.35. The van der Waals surface area contributed by atoms with Crippen molar-refractivity contribution < 1.29 is 9.53 Å². The number of nitrogens with one attached hydrogen (secondary N) is 1. The van der Waals surface area contributed by atoms with E-state index in [1.807, 2.05) is 29.2 Å². The molecule has 1 aromatic carbocycles. The van der Waals surface area contributed by atoms with E-state index in [4.69, 9.17) is 16.3 Å². The number of benzene rings is 1. The van der Waals surface area contributed by atoms with Crippen LogP contribution in [0.2, 0.25) is 0 Å². The number of ether oxygens (including phenoxy) is 1. The molecule has 0 saturated heterocycles. The van der Waals surface area contributed by atoms with E-state index < -0.39 is 6.10 Å². The van der Waals surface area contributed by atoms with Gasteiger partial charge in [0.25, 0.3) is 5.91 Å². The Hall–Kier alpha value is -1.68. The summed E-state index contributed by atoms with van der Waals surface area (Å²) in [6, 6.07) is 7.58. The third kappa shape index (κ3) is 2.59. The molecule has 0 spiro atoms. The summed E-state index contributed by atoms with van der Waals surface area (Å²) in [5.74, 6) is 0.546. The third-order valence-corrected chi connectivity index (χ3v) is 2.88.